The van der Waals surface area contributed by atoms with Crippen LogP contribution >= 0.6 is 0 Å². The Balaban J connectivity index is 2.13. The summed E-state index contributed by atoms with van der Waals surface area (Å²) in [6.07, 6.45) is 4.10. The van der Waals surface area contributed by atoms with Crippen molar-refractivity contribution in [1.29, 1.82) is 0 Å². The first-order valence-electron chi connectivity index (χ1n) is 6.25. The van der Waals surface area contributed by atoms with E-state index in [9.17, 15) is 4.79 Å². The van der Waals surface area contributed by atoms with E-state index in [2.05, 4.69) is 4.90 Å². The van der Waals surface area contributed by atoms with Crippen molar-refractivity contribution >= 4 is 12.0 Å². The largest absolute Gasteiger partial charge is 0.396 e. The van der Waals surface area contributed by atoms with Gasteiger partial charge in [-0.25, -0.2) is 0 Å². The Morgan fingerprint density at radius 3 is 3.00 bits per heavy atom. The van der Waals surface area contributed by atoms with Gasteiger partial charge >= 0.3 is 0 Å². The third-order valence-corrected chi connectivity index (χ3v) is 3.46. The van der Waals surface area contributed by atoms with Crippen LogP contribution in [0.15, 0.2) is 24.3 Å². The van der Waals surface area contributed by atoms with Gasteiger partial charge in [-0.3, -0.25) is 4.79 Å². The molecule has 1 fully saturated rings. The van der Waals surface area contributed by atoms with Gasteiger partial charge in [0.15, 0.2) is 6.29 Å². The number of nitrogens with zero attached hydrogens (tertiary/aromatic N) is 1. The first kappa shape index (κ1) is 12.1. The number of anilines is 1. The van der Waals surface area contributed by atoms with Crippen molar-refractivity contribution in [2.45, 2.75) is 19.3 Å². The van der Waals surface area contributed by atoms with Crippen LogP contribution in [0.1, 0.15) is 29.6 Å². The molecule has 0 aliphatic carbocycles. The van der Waals surface area contributed by atoms with Crippen molar-refractivity contribution < 1.29 is 9.90 Å². The van der Waals surface area contributed by atoms with Gasteiger partial charge in [0.2, 0.25) is 0 Å². The van der Waals surface area contributed by atoms with E-state index >= 15 is 0 Å². The summed E-state index contributed by atoms with van der Waals surface area (Å²) in [5.41, 5.74) is 1.79. The molecule has 2 rings (SSSR count). The molecule has 0 radical (unpaired) electrons. The maximum absolute atomic E-state index is 11.0. The van der Waals surface area contributed by atoms with Crippen LogP contribution in [0.25, 0.3) is 0 Å². The summed E-state index contributed by atoms with van der Waals surface area (Å²) in [4.78, 5) is 13.3. The molecule has 0 bridgehead atoms. The number of piperidine rings is 1. The molecule has 3 heteroatoms. The topological polar surface area (TPSA) is 40.5 Å². The molecule has 0 saturated carbocycles. The SMILES string of the molecule is O=Cc1ccccc1N1CCCC(CCO)C1. The summed E-state index contributed by atoms with van der Waals surface area (Å²) in [7, 11) is 0. The maximum atomic E-state index is 11.0. The van der Waals surface area contributed by atoms with E-state index in [0.29, 0.717) is 5.92 Å². The normalized spacial score (nSPS) is 20.3. The number of aliphatic hydroxyl groups excluding tert-OH is 1. The van der Waals surface area contributed by atoms with E-state index in [1.54, 1.807) is 0 Å². The second kappa shape index (κ2) is 5.82. The van der Waals surface area contributed by atoms with Crippen LogP contribution in [0.3, 0.4) is 0 Å². The molecule has 3 nitrogen and oxygen atoms in total. The highest BCUT2D eigenvalue weighted by atomic mass is 16.3. The Kier molecular flexibility index (Phi) is 4.15. The van der Waals surface area contributed by atoms with Gasteiger partial charge in [-0.2, -0.15) is 0 Å². The highest BCUT2D eigenvalue weighted by Gasteiger charge is 2.20. The van der Waals surface area contributed by atoms with Crippen LogP contribution in [0.2, 0.25) is 0 Å². The van der Waals surface area contributed by atoms with Gasteiger partial charge in [-0.05, 0) is 37.3 Å². The Hall–Kier alpha value is -1.35. The summed E-state index contributed by atoms with van der Waals surface area (Å²) >= 11 is 0. The number of rotatable bonds is 4. The fraction of sp³-hybridized carbons (Fsp3) is 0.500. The molecule has 1 unspecified atom stereocenters. The summed E-state index contributed by atoms with van der Waals surface area (Å²) in [5.74, 6) is 0.549. The fourth-order valence-corrected chi connectivity index (χ4v) is 2.58. The molecule has 1 aliphatic rings. The minimum atomic E-state index is 0.258. The van der Waals surface area contributed by atoms with E-state index in [0.717, 1.165) is 43.5 Å². The quantitative estimate of drug-likeness (QED) is 0.810. The summed E-state index contributed by atoms with van der Waals surface area (Å²) in [5, 5.41) is 9.00. The number of para-hydroxylation sites is 1. The second-order valence-electron chi connectivity index (χ2n) is 4.64. The van der Waals surface area contributed by atoms with E-state index in [1.165, 1.54) is 6.42 Å². The van der Waals surface area contributed by atoms with E-state index in [-0.39, 0.29) is 6.61 Å². The van der Waals surface area contributed by atoms with Gasteiger partial charge < -0.3 is 10.0 Å². The monoisotopic (exact) mass is 233 g/mol. The first-order chi connectivity index (χ1) is 8.35. The molecule has 17 heavy (non-hydrogen) atoms. The molecule has 92 valence electrons. The molecule has 1 aromatic rings. The molecular formula is C14H19NO2. The summed E-state index contributed by atoms with van der Waals surface area (Å²) in [6.45, 7) is 2.21. The predicted molar refractivity (Wildman–Crippen MR) is 68.5 cm³/mol. The lowest BCUT2D eigenvalue weighted by Crippen LogP contribution is -2.36. The Labute approximate surface area is 102 Å². The van der Waals surface area contributed by atoms with Crippen molar-refractivity contribution in [3.8, 4) is 0 Å². The third kappa shape index (κ3) is 2.86. The smallest absolute Gasteiger partial charge is 0.152 e. The number of hydrogen-bond acceptors (Lipinski definition) is 3. The minimum Gasteiger partial charge on any atom is -0.396 e. The zero-order valence-electron chi connectivity index (χ0n) is 10.0. The predicted octanol–water partition coefficient (Wildman–Crippen LogP) is 2.10. The van der Waals surface area contributed by atoms with E-state index < -0.39 is 0 Å². The third-order valence-electron chi connectivity index (χ3n) is 3.46. The van der Waals surface area contributed by atoms with Gasteiger partial charge in [0.25, 0.3) is 0 Å². The van der Waals surface area contributed by atoms with Crippen molar-refractivity contribution in [3.63, 3.8) is 0 Å². The number of benzene rings is 1. The second-order valence-corrected chi connectivity index (χ2v) is 4.64. The van der Waals surface area contributed by atoms with Gasteiger partial charge in [-0.15, -0.1) is 0 Å². The molecule has 1 heterocycles. The average molecular weight is 233 g/mol. The summed E-state index contributed by atoms with van der Waals surface area (Å²) in [6, 6.07) is 7.73. The van der Waals surface area contributed by atoms with Crippen molar-refractivity contribution in [2.24, 2.45) is 5.92 Å². The Morgan fingerprint density at radius 1 is 1.41 bits per heavy atom. The highest BCUT2D eigenvalue weighted by molar-refractivity contribution is 5.84. The Morgan fingerprint density at radius 2 is 2.24 bits per heavy atom. The van der Waals surface area contributed by atoms with Crippen LogP contribution in [0.4, 0.5) is 5.69 Å². The average Bonchev–Trinajstić information content (AvgIpc) is 2.39. The van der Waals surface area contributed by atoms with E-state index in [1.807, 2.05) is 24.3 Å². The van der Waals surface area contributed by atoms with Crippen LogP contribution in [-0.2, 0) is 0 Å². The molecule has 0 aromatic heterocycles. The van der Waals surface area contributed by atoms with Crippen molar-refractivity contribution in [3.05, 3.63) is 29.8 Å². The van der Waals surface area contributed by atoms with E-state index in [4.69, 9.17) is 5.11 Å². The van der Waals surface area contributed by atoms with Gasteiger partial charge in [-0.1, -0.05) is 12.1 Å². The molecular weight excluding hydrogens is 214 g/mol. The van der Waals surface area contributed by atoms with Gasteiger partial charge in [0, 0.05) is 30.9 Å². The number of aliphatic hydroxyl groups is 1. The van der Waals surface area contributed by atoms with Crippen LogP contribution in [-0.4, -0.2) is 31.1 Å². The standard InChI is InChI=1S/C14H19NO2/c16-9-7-12-4-3-8-15(10-12)14-6-2-1-5-13(14)11-17/h1-2,5-6,11-12,16H,3-4,7-10H2. The first-order valence-corrected chi connectivity index (χ1v) is 6.25. The molecule has 1 aromatic carbocycles. The Bertz CT molecular complexity index is 376. The molecule has 0 amide bonds. The molecule has 1 atom stereocenters. The molecule has 0 spiro atoms. The highest BCUT2D eigenvalue weighted by Crippen LogP contribution is 2.26. The molecule has 1 aliphatic heterocycles. The van der Waals surface area contributed by atoms with Crippen molar-refractivity contribution in [1.82, 2.24) is 0 Å². The minimum absolute atomic E-state index is 0.258. The lowest BCUT2D eigenvalue weighted by molar-refractivity contribution is 0.112. The van der Waals surface area contributed by atoms with Gasteiger partial charge in [0.1, 0.15) is 0 Å². The molecule has 1 N–H and O–H groups in total. The fourth-order valence-electron chi connectivity index (χ4n) is 2.58. The zero-order valence-corrected chi connectivity index (χ0v) is 10.0. The lowest BCUT2D eigenvalue weighted by Gasteiger charge is -2.34. The number of aldehydes is 1. The zero-order chi connectivity index (χ0) is 12.1. The molecule has 1 saturated heterocycles. The van der Waals surface area contributed by atoms with Crippen LogP contribution in [0, 0.1) is 5.92 Å². The summed E-state index contributed by atoms with van der Waals surface area (Å²) < 4.78 is 0. The van der Waals surface area contributed by atoms with Crippen LogP contribution < -0.4 is 4.90 Å². The number of carbonyl (C=O) groups excluding carboxylic acids is 1. The number of hydrogen-bond donors (Lipinski definition) is 1. The van der Waals surface area contributed by atoms with Gasteiger partial charge in [0.05, 0.1) is 0 Å². The maximum Gasteiger partial charge on any atom is 0.152 e. The van der Waals surface area contributed by atoms with Crippen LogP contribution in [0.5, 0.6) is 0 Å². The lowest BCUT2D eigenvalue weighted by atomic mass is 9.94. The van der Waals surface area contributed by atoms with Crippen molar-refractivity contribution in [2.75, 3.05) is 24.6 Å². The number of carbonyl (C=O) groups is 1.